The summed E-state index contributed by atoms with van der Waals surface area (Å²) in [5, 5.41) is 4.55. The molecule has 1 aromatic carbocycles. The van der Waals surface area contributed by atoms with Gasteiger partial charge in [-0.1, -0.05) is 0 Å². The van der Waals surface area contributed by atoms with Crippen molar-refractivity contribution < 1.29 is 28.6 Å². The number of rotatable bonds is 4. The van der Waals surface area contributed by atoms with E-state index in [9.17, 15) is 14.4 Å². The van der Waals surface area contributed by atoms with E-state index in [1.165, 1.54) is 18.5 Å². The number of aromatic nitrogens is 1. The summed E-state index contributed by atoms with van der Waals surface area (Å²) >= 11 is 3.18. The van der Waals surface area contributed by atoms with Gasteiger partial charge in [-0.3, -0.25) is 15.1 Å². The van der Waals surface area contributed by atoms with Gasteiger partial charge in [-0.15, -0.1) is 0 Å². The molecule has 0 unspecified atom stereocenters. The van der Waals surface area contributed by atoms with Gasteiger partial charge in [-0.2, -0.15) is 0 Å². The number of hydrogen-bond acceptors (Lipinski definition) is 7. The number of amides is 3. The van der Waals surface area contributed by atoms with Crippen molar-refractivity contribution in [1.29, 1.82) is 0 Å². The number of halogens is 1. The van der Waals surface area contributed by atoms with Crippen molar-refractivity contribution >= 4 is 39.5 Å². The van der Waals surface area contributed by atoms with Gasteiger partial charge in [-0.25, -0.2) is 9.59 Å². The highest BCUT2D eigenvalue weighted by Gasteiger charge is 2.15. The molecule has 0 fully saturated rings. The van der Waals surface area contributed by atoms with E-state index in [4.69, 9.17) is 14.2 Å². The number of urea groups is 1. The minimum Gasteiger partial charge on any atom is -0.486 e. The highest BCUT2D eigenvalue weighted by Crippen LogP contribution is 2.32. The molecule has 0 radical (unpaired) electrons. The highest BCUT2D eigenvalue weighted by atomic mass is 79.9. The summed E-state index contributed by atoms with van der Waals surface area (Å²) < 4.78 is 16.2. The van der Waals surface area contributed by atoms with Gasteiger partial charge in [0.2, 0.25) is 0 Å². The predicted octanol–water partition coefficient (Wildman–Crippen LogP) is 2.12. The third kappa shape index (κ3) is 5.17. The van der Waals surface area contributed by atoms with Crippen LogP contribution < -0.4 is 20.1 Å². The first-order chi connectivity index (χ1) is 13.0. The summed E-state index contributed by atoms with van der Waals surface area (Å²) in [5.41, 5.74) is 0.597. The summed E-state index contributed by atoms with van der Waals surface area (Å²) in [4.78, 5) is 39.3. The van der Waals surface area contributed by atoms with Crippen LogP contribution in [-0.2, 0) is 9.53 Å². The zero-order valence-corrected chi connectivity index (χ0v) is 15.4. The molecule has 0 bridgehead atoms. The predicted molar refractivity (Wildman–Crippen MR) is 96.8 cm³/mol. The lowest BCUT2D eigenvalue weighted by Crippen LogP contribution is -2.37. The molecule has 0 saturated carbocycles. The topological polar surface area (TPSA) is 116 Å². The lowest BCUT2D eigenvalue weighted by atomic mass is 10.2. The van der Waals surface area contributed by atoms with Crippen LogP contribution in [0.25, 0.3) is 0 Å². The Morgan fingerprint density at radius 3 is 2.67 bits per heavy atom. The molecule has 1 aromatic heterocycles. The number of esters is 1. The fraction of sp³-hybridized carbons (Fsp3) is 0.176. The number of benzene rings is 1. The van der Waals surface area contributed by atoms with E-state index in [1.807, 2.05) is 0 Å². The monoisotopic (exact) mass is 435 g/mol. The molecule has 27 heavy (non-hydrogen) atoms. The van der Waals surface area contributed by atoms with Crippen LogP contribution >= 0.6 is 15.9 Å². The van der Waals surface area contributed by atoms with Crippen molar-refractivity contribution in [3.8, 4) is 11.5 Å². The van der Waals surface area contributed by atoms with Crippen molar-refractivity contribution in [3.05, 3.63) is 46.7 Å². The number of nitrogens with zero attached hydrogens (tertiary/aromatic N) is 1. The molecular formula is C17H14BrN3O6. The molecular weight excluding hydrogens is 422 g/mol. The number of carbonyl (C=O) groups is 3. The number of ether oxygens (including phenoxy) is 3. The Bertz CT molecular complexity index is 889. The van der Waals surface area contributed by atoms with Crippen LogP contribution in [0.1, 0.15) is 10.4 Å². The van der Waals surface area contributed by atoms with Crippen molar-refractivity contribution in [2.24, 2.45) is 0 Å². The van der Waals surface area contributed by atoms with Crippen LogP contribution in [0.2, 0.25) is 0 Å². The molecule has 3 rings (SSSR count). The van der Waals surface area contributed by atoms with Gasteiger partial charge in [0, 0.05) is 28.6 Å². The summed E-state index contributed by atoms with van der Waals surface area (Å²) in [7, 11) is 0. The van der Waals surface area contributed by atoms with E-state index >= 15 is 0 Å². The number of fused-ring (bicyclic) bond motifs is 1. The van der Waals surface area contributed by atoms with E-state index in [1.54, 1.807) is 18.2 Å². The van der Waals surface area contributed by atoms with Gasteiger partial charge < -0.3 is 19.5 Å². The standard InChI is InChI=1S/C17H14BrN3O6/c18-11-5-10(7-19-8-11)16(23)27-9-15(22)21-17(24)20-12-1-2-13-14(6-12)26-4-3-25-13/h1-2,5-8H,3-4,9H2,(H2,20,21,22,24). The lowest BCUT2D eigenvalue weighted by molar-refractivity contribution is -0.123. The van der Waals surface area contributed by atoms with Crippen LogP contribution in [-0.4, -0.2) is 42.7 Å². The molecule has 2 N–H and O–H groups in total. The van der Waals surface area contributed by atoms with Gasteiger partial charge in [0.05, 0.1) is 5.56 Å². The third-order valence-corrected chi connectivity index (χ3v) is 3.76. The molecule has 0 saturated heterocycles. The average Bonchev–Trinajstić information content (AvgIpc) is 2.66. The Labute approximate surface area is 162 Å². The van der Waals surface area contributed by atoms with Crippen molar-refractivity contribution in [3.63, 3.8) is 0 Å². The van der Waals surface area contributed by atoms with Gasteiger partial charge in [0.15, 0.2) is 18.1 Å². The van der Waals surface area contributed by atoms with E-state index in [0.29, 0.717) is 34.9 Å². The first-order valence-electron chi connectivity index (χ1n) is 7.79. The maximum Gasteiger partial charge on any atom is 0.340 e. The fourth-order valence-corrected chi connectivity index (χ4v) is 2.55. The number of pyridine rings is 1. The minimum absolute atomic E-state index is 0.179. The Morgan fingerprint density at radius 2 is 1.89 bits per heavy atom. The second-order valence-electron chi connectivity index (χ2n) is 5.33. The number of carbonyl (C=O) groups excluding carboxylic acids is 3. The fourth-order valence-electron chi connectivity index (χ4n) is 2.18. The van der Waals surface area contributed by atoms with E-state index in [2.05, 4.69) is 31.5 Å². The lowest BCUT2D eigenvalue weighted by Gasteiger charge is -2.19. The quantitative estimate of drug-likeness (QED) is 0.706. The van der Waals surface area contributed by atoms with Crippen molar-refractivity contribution in [1.82, 2.24) is 10.3 Å². The highest BCUT2D eigenvalue weighted by molar-refractivity contribution is 9.10. The van der Waals surface area contributed by atoms with Crippen LogP contribution in [0, 0.1) is 0 Å². The van der Waals surface area contributed by atoms with Crippen LogP contribution in [0.15, 0.2) is 41.1 Å². The summed E-state index contributed by atoms with van der Waals surface area (Å²) in [5.74, 6) is -0.424. The molecule has 2 aromatic rings. The number of hydrogen-bond donors (Lipinski definition) is 2. The first kappa shape index (κ1) is 18.6. The summed E-state index contributed by atoms with van der Waals surface area (Å²) in [6, 6.07) is 5.58. The Morgan fingerprint density at radius 1 is 1.11 bits per heavy atom. The average molecular weight is 436 g/mol. The second kappa shape index (κ2) is 8.49. The van der Waals surface area contributed by atoms with Gasteiger partial charge in [0.1, 0.15) is 13.2 Å². The van der Waals surface area contributed by atoms with Crippen molar-refractivity contribution in [2.45, 2.75) is 0 Å². The smallest absolute Gasteiger partial charge is 0.340 e. The molecule has 0 atom stereocenters. The molecule has 9 nitrogen and oxygen atoms in total. The molecule has 0 spiro atoms. The molecule has 140 valence electrons. The van der Waals surface area contributed by atoms with Crippen LogP contribution in [0.4, 0.5) is 10.5 Å². The van der Waals surface area contributed by atoms with E-state index in [0.717, 1.165) is 0 Å². The molecule has 0 aliphatic carbocycles. The Hall–Kier alpha value is -3.14. The van der Waals surface area contributed by atoms with Crippen LogP contribution in [0.3, 0.4) is 0 Å². The SMILES string of the molecule is O=C(COC(=O)c1cncc(Br)c1)NC(=O)Nc1ccc2c(c1)OCCO2. The van der Waals surface area contributed by atoms with Crippen molar-refractivity contribution in [2.75, 3.05) is 25.1 Å². The number of imide groups is 1. The largest absolute Gasteiger partial charge is 0.486 e. The summed E-state index contributed by atoms with van der Waals surface area (Å²) in [6.45, 7) is 0.267. The maximum absolute atomic E-state index is 11.9. The van der Waals surface area contributed by atoms with E-state index in [-0.39, 0.29) is 5.56 Å². The van der Waals surface area contributed by atoms with Gasteiger partial charge in [-0.05, 0) is 34.1 Å². The third-order valence-electron chi connectivity index (χ3n) is 3.33. The molecule has 1 aliphatic rings. The molecule has 10 heteroatoms. The van der Waals surface area contributed by atoms with E-state index < -0.39 is 24.5 Å². The van der Waals surface area contributed by atoms with Gasteiger partial charge >= 0.3 is 12.0 Å². The zero-order chi connectivity index (χ0) is 19.2. The second-order valence-corrected chi connectivity index (χ2v) is 6.24. The number of nitrogens with one attached hydrogen (secondary N) is 2. The first-order valence-corrected chi connectivity index (χ1v) is 8.59. The number of anilines is 1. The Balaban J connectivity index is 1.48. The molecule has 2 heterocycles. The maximum atomic E-state index is 11.9. The van der Waals surface area contributed by atoms with Crippen LogP contribution in [0.5, 0.6) is 11.5 Å². The normalized spacial score (nSPS) is 12.0. The molecule has 1 aliphatic heterocycles. The molecule has 3 amide bonds. The summed E-state index contributed by atoms with van der Waals surface area (Å²) in [6.07, 6.45) is 2.81. The zero-order valence-electron chi connectivity index (χ0n) is 13.9. The Kier molecular flexibility index (Phi) is 5.87. The minimum atomic E-state index is -0.777. The van der Waals surface area contributed by atoms with Gasteiger partial charge in [0.25, 0.3) is 5.91 Å².